The number of nitrogens with one attached hydrogen (secondary N) is 1. The van der Waals surface area contributed by atoms with Gasteiger partial charge in [0.1, 0.15) is 5.82 Å². The highest BCUT2D eigenvalue weighted by atomic mass is 35.5. The lowest BCUT2D eigenvalue weighted by Gasteiger charge is -2.06. The number of rotatable bonds is 5. The van der Waals surface area contributed by atoms with Gasteiger partial charge in [-0.1, -0.05) is 11.6 Å². The molecule has 0 fully saturated rings. The Hall–Kier alpha value is -1.13. The van der Waals surface area contributed by atoms with Gasteiger partial charge in [-0.05, 0) is 38.4 Å². The highest BCUT2D eigenvalue weighted by Gasteiger charge is 2.10. The van der Waals surface area contributed by atoms with E-state index in [1.165, 1.54) is 6.07 Å². The summed E-state index contributed by atoms with van der Waals surface area (Å²) in [6.07, 6.45) is 1.67. The lowest BCUT2D eigenvalue weighted by Crippen LogP contribution is -2.25. The normalized spacial score (nSPS) is 9.59. The third-order valence-corrected chi connectivity index (χ3v) is 2.28. The Labute approximate surface area is 107 Å². The number of carbonyl (C=O) groups is 1. The standard InChI is InChI=1S/C12H17FN2O.ClH/c1-9-4-5-11(13)10(8-9)12(16)15-7-3-2-6-14;/h4-5,8H,2-3,6-7,14H2,1H3,(H,15,16);1H. The van der Waals surface area contributed by atoms with Crippen LogP contribution >= 0.6 is 12.4 Å². The molecular weight excluding hydrogens is 243 g/mol. The van der Waals surface area contributed by atoms with E-state index in [0.29, 0.717) is 13.1 Å². The highest BCUT2D eigenvalue weighted by molar-refractivity contribution is 5.94. The quantitative estimate of drug-likeness (QED) is 0.796. The molecule has 1 aromatic rings. The van der Waals surface area contributed by atoms with Gasteiger partial charge in [-0.15, -0.1) is 12.4 Å². The average Bonchev–Trinajstić information content (AvgIpc) is 2.27. The van der Waals surface area contributed by atoms with Gasteiger partial charge in [0.05, 0.1) is 5.56 Å². The van der Waals surface area contributed by atoms with Crippen LogP contribution in [-0.2, 0) is 0 Å². The molecule has 5 heteroatoms. The molecule has 0 atom stereocenters. The molecule has 0 saturated heterocycles. The molecule has 3 N–H and O–H groups in total. The Morgan fingerprint density at radius 3 is 2.76 bits per heavy atom. The summed E-state index contributed by atoms with van der Waals surface area (Å²) >= 11 is 0. The van der Waals surface area contributed by atoms with E-state index in [1.54, 1.807) is 12.1 Å². The van der Waals surface area contributed by atoms with E-state index < -0.39 is 5.82 Å². The predicted octanol–water partition coefficient (Wildman–Crippen LogP) is 2.02. The van der Waals surface area contributed by atoms with Crippen LogP contribution in [0.15, 0.2) is 18.2 Å². The third-order valence-electron chi connectivity index (χ3n) is 2.28. The molecule has 1 amide bonds. The summed E-state index contributed by atoms with van der Waals surface area (Å²) in [5, 5.41) is 2.67. The number of hydrogen-bond donors (Lipinski definition) is 2. The Balaban J connectivity index is 0.00000256. The molecule has 0 bridgehead atoms. The second-order valence-corrected chi connectivity index (χ2v) is 3.73. The van der Waals surface area contributed by atoms with Crippen LogP contribution in [0.2, 0.25) is 0 Å². The third kappa shape index (κ3) is 5.15. The summed E-state index contributed by atoms with van der Waals surface area (Å²) in [6, 6.07) is 4.50. The molecule has 0 aliphatic carbocycles. The van der Waals surface area contributed by atoms with Crippen molar-refractivity contribution < 1.29 is 9.18 Å². The minimum absolute atomic E-state index is 0. The fraction of sp³-hybridized carbons (Fsp3) is 0.417. The number of amides is 1. The molecule has 0 radical (unpaired) electrons. The van der Waals surface area contributed by atoms with Crippen LogP contribution in [0.5, 0.6) is 0 Å². The van der Waals surface area contributed by atoms with E-state index in [4.69, 9.17) is 5.73 Å². The number of halogens is 2. The largest absolute Gasteiger partial charge is 0.352 e. The average molecular weight is 261 g/mol. The molecule has 0 aromatic heterocycles. The first-order valence-corrected chi connectivity index (χ1v) is 5.39. The molecule has 96 valence electrons. The van der Waals surface area contributed by atoms with Crippen molar-refractivity contribution in [1.29, 1.82) is 0 Å². The maximum absolute atomic E-state index is 13.3. The highest BCUT2D eigenvalue weighted by Crippen LogP contribution is 2.09. The maximum Gasteiger partial charge on any atom is 0.254 e. The minimum atomic E-state index is -0.484. The zero-order valence-electron chi connectivity index (χ0n) is 9.83. The van der Waals surface area contributed by atoms with E-state index in [-0.39, 0.29) is 23.9 Å². The molecule has 0 aliphatic heterocycles. The van der Waals surface area contributed by atoms with E-state index in [0.717, 1.165) is 18.4 Å². The second kappa shape index (κ2) is 8.03. The molecule has 1 rings (SSSR count). The molecule has 3 nitrogen and oxygen atoms in total. The Morgan fingerprint density at radius 2 is 2.12 bits per heavy atom. The lowest BCUT2D eigenvalue weighted by atomic mass is 10.1. The topological polar surface area (TPSA) is 55.1 Å². The summed E-state index contributed by atoms with van der Waals surface area (Å²) in [6.45, 7) is 2.96. The maximum atomic E-state index is 13.3. The van der Waals surface area contributed by atoms with Gasteiger partial charge in [-0.2, -0.15) is 0 Å². The van der Waals surface area contributed by atoms with Crippen LogP contribution < -0.4 is 11.1 Å². The first kappa shape index (κ1) is 15.9. The fourth-order valence-electron chi connectivity index (χ4n) is 1.38. The van der Waals surface area contributed by atoms with Crippen molar-refractivity contribution in [3.63, 3.8) is 0 Å². The van der Waals surface area contributed by atoms with Crippen LogP contribution in [-0.4, -0.2) is 19.0 Å². The van der Waals surface area contributed by atoms with Crippen molar-refractivity contribution in [2.75, 3.05) is 13.1 Å². The van der Waals surface area contributed by atoms with Crippen molar-refractivity contribution in [2.45, 2.75) is 19.8 Å². The summed E-state index contributed by atoms with van der Waals surface area (Å²) in [4.78, 5) is 11.6. The predicted molar refractivity (Wildman–Crippen MR) is 69.0 cm³/mol. The Kier molecular flexibility index (Phi) is 7.50. The monoisotopic (exact) mass is 260 g/mol. The van der Waals surface area contributed by atoms with Gasteiger partial charge >= 0.3 is 0 Å². The zero-order chi connectivity index (χ0) is 12.0. The lowest BCUT2D eigenvalue weighted by molar-refractivity contribution is 0.0949. The first-order chi connectivity index (χ1) is 7.65. The Morgan fingerprint density at radius 1 is 1.41 bits per heavy atom. The number of hydrogen-bond acceptors (Lipinski definition) is 2. The second-order valence-electron chi connectivity index (χ2n) is 3.73. The summed E-state index contributed by atoms with van der Waals surface area (Å²) in [7, 11) is 0. The summed E-state index contributed by atoms with van der Waals surface area (Å²) in [5.41, 5.74) is 6.30. The van der Waals surface area contributed by atoms with Gasteiger partial charge in [0.2, 0.25) is 0 Å². The van der Waals surface area contributed by atoms with E-state index in [9.17, 15) is 9.18 Å². The molecule has 0 aliphatic rings. The summed E-state index contributed by atoms with van der Waals surface area (Å²) < 4.78 is 13.3. The molecule has 17 heavy (non-hydrogen) atoms. The van der Waals surface area contributed by atoms with Crippen LogP contribution in [0, 0.1) is 12.7 Å². The molecule has 0 saturated carbocycles. The fourth-order valence-corrected chi connectivity index (χ4v) is 1.38. The van der Waals surface area contributed by atoms with Crippen molar-refractivity contribution in [3.05, 3.63) is 35.1 Å². The van der Waals surface area contributed by atoms with Gasteiger partial charge in [0, 0.05) is 6.54 Å². The van der Waals surface area contributed by atoms with Crippen molar-refractivity contribution >= 4 is 18.3 Å². The van der Waals surface area contributed by atoms with Gasteiger partial charge in [-0.25, -0.2) is 4.39 Å². The molecule has 1 aromatic carbocycles. The number of aryl methyl sites for hydroxylation is 1. The molecule has 0 unspecified atom stereocenters. The number of unbranched alkanes of at least 4 members (excludes halogenated alkanes) is 1. The van der Waals surface area contributed by atoms with Crippen LogP contribution in [0.4, 0.5) is 4.39 Å². The number of benzene rings is 1. The Bertz CT molecular complexity index is 372. The molecule has 0 spiro atoms. The van der Waals surface area contributed by atoms with Crippen molar-refractivity contribution in [1.82, 2.24) is 5.32 Å². The van der Waals surface area contributed by atoms with E-state index in [1.807, 2.05) is 6.92 Å². The molecule has 0 heterocycles. The van der Waals surface area contributed by atoms with Gasteiger partial charge in [-0.3, -0.25) is 4.79 Å². The van der Waals surface area contributed by atoms with Gasteiger partial charge < -0.3 is 11.1 Å². The van der Waals surface area contributed by atoms with Crippen LogP contribution in [0.3, 0.4) is 0 Å². The van der Waals surface area contributed by atoms with Gasteiger partial charge in [0.15, 0.2) is 0 Å². The number of carbonyl (C=O) groups excluding carboxylic acids is 1. The SMILES string of the molecule is Cc1ccc(F)c(C(=O)NCCCCN)c1.Cl. The van der Waals surface area contributed by atoms with Gasteiger partial charge in [0.25, 0.3) is 5.91 Å². The summed E-state index contributed by atoms with van der Waals surface area (Å²) in [5.74, 6) is -0.847. The van der Waals surface area contributed by atoms with E-state index >= 15 is 0 Å². The first-order valence-electron chi connectivity index (χ1n) is 5.39. The van der Waals surface area contributed by atoms with Crippen LogP contribution in [0.1, 0.15) is 28.8 Å². The van der Waals surface area contributed by atoms with Crippen LogP contribution in [0.25, 0.3) is 0 Å². The van der Waals surface area contributed by atoms with Crippen molar-refractivity contribution in [2.24, 2.45) is 5.73 Å². The smallest absolute Gasteiger partial charge is 0.254 e. The van der Waals surface area contributed by atoms with Crippen molar-refractivity contribution in [3.8, 4) is 0 Å². The van der Waals surface area contributed by atoms with E-state index in [2.05, 4.69) is 5.32 Å². The number of nitrogens with two attached hydrogens (primary N) is 1. The zero-order valence-corrected chi connectivity index (χ0v) is 10.6. The minimum Gasteiger partial charge on any atom is -0.352 e. The molecular formula is C12H18ClFN2O.